The van der Waals surface area contributed by atoms with Crippen molar-refractivity contribution in [3.63, 3.8) is 0 Å². The number of thiophene rings is 1. The summed E-state index contributed by atoms with van der Waals surface area (Å²) < 4.78 is 5.80. The van der Waals surface area contributed by atoms with Crippen molar-refractivity contribution < 1.29 is 9.21 Å². The Kier molecular flexibility index (Phi) is 4.19. The van der Waals surface area contributed by atoms with Crippen LogP contribution in [0.3, 0.4) is 0 Å². The van der Waals surface area contributed by atoms with Gasteiger partial charge < -0.3 is 9.32 Å². The molecule has 4 aliphatic carbocycles. The highest BCUT2D eigenvalue weighted by Crippen LogP contribution is 2.60. The van der Waals surface area contributed by atoms with Crippen molar-refractivity contribution in [2.45, 2.75) is 51.9 Å². The monoisotopic (exact) mass is 384 g/mol. The lowest BCUT2D eigenvalue weighted by Crippen LogP contribution is -2.51. The van der Waals surface area contributed by atoms with E-state index < -0.39 is 0 Å². The molecule has 4 saturated carbocycles. The molecule has 4 bridgehead atoms. The van der Waals surface area contributed by atoms with Gasteiger partial charge in [-0.1, -0.05) is 6.07 Å². The molecule has 5 heteroatoms. The number of oxazole rings is 1. The van der Waals surface area contributed by atoms with Crippen LogP contribution in [0.2, 0.25) is 0 Å². The van der Waals surface area contributed by atoms with Crippen LogP contribution < -0.4 is 0 Å². The van der Waals surface area contributed by atoms with Gasteiger partial charge in [0.25, 0.3) is 0 Å². The maximum Gasteiger partial charge on any atom is 0.236 e. The second-order valence-electron chi connectivity index (χ2n) is 9.34. The summed E-state index contributed by atoms with van der Waals surface area (Å²) in [6.07, 6.45) is 8.68. The lowest BCUT2D eigenvalue weighted by molar-refractivity contribution is -0.134. The molecule has 0 unspecified atom stereocenters. The first-order valence-electron chi connectivity index (χ1n) is 10.2. The van der Waals surface area contributed by atoms with Crippen molar-refractivity contribution in [1.82, 2.24) is 9.88 Å². The van der Waals surface area contributed by atoms with Crippen molar-refractivity contribution in [3.8, 4) is 10.8 Å². The molecule has 4 nitrogen and oxygen atoms in total. The number of carbonyl (C=O) groups is 1. The Bertz CT molecular complexity index is 803. The van der Waals surface area contributed by atoms with Crippen molar-refractivity contribution in [2.75, 3.05) is 13.6 Å². The molecule has 1 amide bonds. The van der Waals surface area contributed by atoms with E-state index in [0.717, 1.165) is 40.6 Å². The summed E-state index contributed by atoms with van der Waals surface area (Å²) in [5, 5.41) is 2.01. The van der Waals surface area contributed by atoms with Gasteiger partial charge in [0.2, 0.25) is 11.8 Å². The van der Waals surface area contributed by atoms with Crippen LogP contribution in [-0.2, 0) is 11.2 Å². The second-order valence-corrected chi connectivity index (χ2v) is 10.3. The number of amides is 1. The summed E-state index contributed by atoms with van der Waals surface area (Å²) in [6.45, 7) is 2.83. The maximum atomic E-state index is 12.9. The predicted molar refractivity (Wildman–Crippen MR) is 106 cm³/mol. The van der Waals surface area contributed by atoms with Gasteiger partial charge in [-0.05, 0) is 80.1 Å². The van der Waals surface area contributed by atoms with Crippen LogP contribution in [0, 0.1) is 30.1 Å². The zero-order valence-electron chi connectivity index (χ0n) is 16.2. The fourth-order valence-corrected chi connectivity index (χ4v) is 7.10. The van der Waals surface area contributed by atoms with Crippen molar-refractivity contribution >= 4 is 17.2 Å². The number of hydrogen-bond donors (Lipinski definition) is 0. The molecule has 2 aromatic heterocycles. The summed E-state index contributed by atoms with van der Waals surface area (Å²) in [4.78, 5) is 20.5. The third-order valence-corrected chi connectivity index (χ3v) is 7.96. The molecule has 144 valence electrons. The molecule has 0 aliphatic heterocycles. The fourth-order valence-electron chi connectivity index (χ4n) is 6.45. The van der Waals surface area contributed by atoms with E-state index in [-0.39, 0.29) is 5.91 Å². The average molecular weight is 385 g/mol. The fraction of sp³-hybridized carbons (Fsp3) is 0.636. The van der Waals surface area contributed by atoms with Crippen LogP contribution in [-0.4, -0.2) is 29.4 Å². The molecule has 2 aromatic rings. The number of aromatic nitrogens is 1. The molecular weight excluding hydrogens is 356 g/mol. The van der Waals surface area contributed by atoms with Gasteiger partial charge >= 0.3 is 0 Å². The Morgan fingerprint density at radius 1 is 1.26 bits per heavy atom. The Morgan fingerprint density at radius 3 is 2.52 bits per heavy atom. The van der Waals surface area contributed by atoms with E-state index in [1.807, 2.05) is 36.4 Å². The molecule has 0 aromatic carbocycles. The number of likely N-dealkylation sites (N-methyl/N-ethyl adjacent to an activating group) is 1. The van der Waals surface area contributed by atoms with Crippen LogP contribution in [0.4, 0.5) is 0 Å². The molecule has 2 heterocycles. The number of nitrogens with zero attached hydrogens (tertiary/aromatic N) is 2. The van der Waals surface area contributed by atoms with Gasteiger partial charge in [0, 0.05) is 13.6 Å². The third kappa shape index (κ3) is 3.24. The number of aryl methyl sites for hydroxylation is 1. The number of rotatable bonds is 5. The lowest BCUT2D eigenvalue weighted by Gasteiger charge is -2.57. The highest BCUT2D eigenvalue weighted by molar-refractivity contribution is 7.13. The minimum atomic E-state index is 0.167. The smallest absolute Gasteiger partial charge is 0.236 e. The van der Waals surface area contributed by atoms with Crippen molar-refractivity contribution in [1.29, 1.82) is 0 Å². The van der Waals surface area contributed by atoms with Gasteiger partial charge in [-0.2, -0.15) is 0 Å². The van der Waals surface area contributed by atoms with Crippen molar-refractivity contribution in [2.24, 2.45) is 23.2 Å². The lowest BCUT2D eigenvalue weighted by atomic mass is 9.49. The number of hydrogen-bond acceptors (Lipinski definition) is 4. The van der Waals surface area contributed by atoms with Gasteiger partial charge in [-0.15, -0.1) is 11.3 Å². The normalized spacial score (nSPS) is 31.4. The zero-order valence-corrected chi connectivity index (χ0v) is 17.1. The molecule has 0 saturated heterocycles. The van der Waals surface area contributed by atoms with Crippen LogP contribution >= 0.6 is 11.3 Å². The van der Waals surface area contributed by atoms with Gasteiger partial charge in [0.05, 0.1) is 17.0 Å². The Hall–Kier alpha value is -1.62. The minimum absolute atomic E-state index is 0.167. The molecule has 6 rings (SSSR count). The Morgan fingerprint density at radius 2 is 1.93 bits per heavy atom. The summed E-state index contributed by atoms with van der Waals surface area (Å²) >= 11 is 1.61. The maximum absolute atomic E-state index is 12.9. The quantitative estimate of drug-likeness (QED) is 0.734. The first kappa shape index (κ1) is 17.5. The van der Waals surface area contributed by atoms with E-state index in [2.05, 4.69) is 4.98 Å². The van der Waals surface area contributed by atoms with E-state index in [1.165, 1.54) is 38.5 Å². The van der Waals surface area contributed by atoms with Gasteiger partial charge in [-0.3, -0.25) is 4.79 Å². The molecule has 0 spiro atoms. The number of carbonyl (C=O) groups excluding carboxylic acids is 1. The largest absolute Gasteiger partial charge is 0.440 e. The Labute approximate surface area is 165 Å². The van der Waals surface area contributed by atoms with Crippen LogP contribution in [0.25, 0.3) is 10.8 Å². The van der Waals surface area contributed by atoms with Gasteiger partial charge in [0.15, 0.2) is 0 Å². The van der Waals surface area contributed by atoms with Crippen LogP contribution in [0.15, 0.2) is 21.9 Å². The summed E-state index contributed by atoms with van der Waals surface area (Å²) in [5.41, 5.74) is 1.17. The zero-order chi connectivity index (χ0) is 18.6. The van der Waals surface area contributed by atoms with E-state index >= 15 is 0 Å². The molecule has 0 atom stereocenters. The SMILES string of the molecule is Cc1oc(-c2cccs2)nc1CC(=O)N(C)CC12CC3CC(CC(C3)C1)C2. The third-order valence-electron chi connectivity index (χ3n) is 7.11. The van der Waals surface area contributed by atoms with E-state index in [9.17, 15) is 4.79 Å². The van der Waals surface area contributed by atoms with E-state index in [1.54, 1.807) is 11.3 Å². The topological polar surface area (TPSA) is 46.3 Å². The average Bonchev–Trinajstić information content (AvgIpc) is 3.23. The molecular formula is C22H28N2O2S. The molecule has 0 N–H and O–H groups in total. The van der Waals surface area contributed by atoms with Gasteiger partial charge in [0.1, 0.15) is 5.76 Å². The molecule has 4 fully saturated rings. The summed E-state index contributed by atoms with van der Waals surface area (Å²) in [5.74, 6) is 4.33. The standard InChI is InChI=1S/C22H28N2O2S/c1-14-18(23-21(26-14)19-4-3-5-27-19)9-20(25)24(2)13-22-10-15-6-16(11-22)8-17(7-15)12-22/h3-5,15-17H,6-13H2,1-2H3. The minimum Gasteiger partial charge on any atom is -0.440 e. The van der Waals surface area contributed by atoms with E-state index in [0.29, 0.717) is 17.7 Å². The molecule has 0 radical (unpaired) electrons. The highest BCUT2D eigenvalue weighted by Gasteiger charge is 2.51. The summed E-state index contributed by atoms with van der Waals surface area (Å²) in [6, 6.07) is 3.99. The first-order chi connectivity index (χ1) is 13.0. The van der Waals surface area contributed by atoms with Crippen molar-refractivity contribution in [3.05, 3.63) is 29.0 Å². The predicted octanol–water partition coefficient (Wildman–Crippen LogP) is 4.93. The Balaban J connectivity index is 1.26. The van der Waals surface area contributed by atoms with Crippen LogP contribution in [0.5, 0.6) is 0 Å². The van der Waals surface area contributed by atoms with Crippen LogP contribution in [0.1, 0.15) is 50.0 Å². The highest BCUT2D eigenvalue weighted by atomic mass is 32.1. The first-order valence-corrected chi connectivity index (χ1v) is 11.1. The second kappa shape index (κ2) is 6.47. The van der Waals surface area contributed by atoms with Gasteiger partial charge in [-0.25, -0.2) is 4.98 Å². The molecule has 27 heavy (non-hydrogen) atoms. The molecule has 4 aliphatic rings. The van der Waals surface area contributed by atoms with E-state index in [4.69, 9.17) is 4.42 Å². The summed E-state index contributed by atoms with van der Waals surface area (Å²) in [7, 11) is 1.98.